The lowest BCUT2D eigenvalue weighted by Crippen LogP contribution is -1.95. The van der Waals surface area contributed by atoms with Gasteiger partial charge in [0, 0.05) is 17.9 Å². The number of aliphatic hydroxyl groups excluding tert-OH is 1. The Hall–Kier alpha value is -0.730. The highest BCUT2D eigenvalue weighted by atomic mass is 35.5. The van der Waals surface area contributed by atoms with Gasteiger partial charge in [-0.3, -0.25) is 0 Å². The summed E-state index contributed by atoms with van der Waals surface area (Å²) in [5.41, 5.74) is 0. The molecule has 0 aromatic carbocycles. The molecule has 0 aliphatic carbocycles. The largest absolute Gasteiger partial charge is 0.463 e. The maximum Gasteiger partial charge on any atom is 0.133 e. The second-order valence-electron chi connectivity index (χ2n) is 4.14. The number of hydrogen-bond donors (Lipinski definition) is 1. The summed E-state index contributed by atoms with van der Waals surface area (Å²) in [5.74, 6) is 2.01. The van der Waals surface area contributed by atoms with Crippen molar-refractivity contribution in [1.82, 2.24) is 0 Å². The molecule has 2 nitrogen and oxygen atoms in total. The van der Waals surface area contributed by atoms with Gasteiger partial charge in [-0.15, -0.1) is 0 Å². The molecule has 1 heterocycles. The van der Waals surface area contributed by atoms with Crippen molar-refractivity contribution in [3.05, 3.63) is 35.3 Å². The summed E-state index contributed by atoms with van der Waals surface area (Å²) in [6, 6.07) is 3.69. The topological polar surface area (TPSA) is 33.4 Å². The van der Waals surface area contributed by atoms with Crippen LogP contribution in [0.2, 0.25) is 0 Å². The van der Waals surface area contributed by atoms with Gasteiger partial charge in [0.05, 0.1) is 0 Å². The number of halogens is 1. The lowest BCUT2D eigenvalue weighted by molar-refractivity contribution is 0.149. The summed E-state index contributed by atoms with van der Waals surface area (Å²) in [7, 11) is 0. The van der Waals surface area contributed by atoms with Gasteiger partial charge in [0.1, 0.15) is 17.6 Å². The first-order chi connectivity index (χ1) is 6.99. The smallest absolute Gasteiger partial charge is 0.133 e. The Morgan fingerprint density at radius 2 is 2.20 bits per heavy atom. The number of furan rings is 1. The molecule has 15 heavy (non-hydrogen) atoms. The molecule has 0 fully saturated rings. The molecule has 1 aromatic rings. The molecular weight excluding hydrogens is 212 g/mol. The minimum absolute atomic E-state index is 0.330. The number of rotatable bonds is 5. The van der Waals surface area contributed by atoms with Gasteiger partial charge in [0.2, 0.25) is 0 Å². The second-order valence-corrected chi connectivity index (χ2v) is 4.67. The minimum Gasteiger partial charge on any atom is -0.463 e. The Morgan fingerprint density at radius 3 is 2.73 bits per heavy atom. The fraction of sp³-hybridized carbons (Fsp3) is 0.500. The van der Waals surface area contributed by atoms with Gasteiger partial charge in [-0.05, 0) is 18.1 Å². The van der Waals surface area contributed by atoms with Gasteiger partial charge in [-0.25, -0.2) is 0 Å². The Morgan fingerprint density at radius 1 is 1.53 bits per heavy atom. The molecule has 0 saturated heterocycles. The highest BCUT2D eigenvalue weighted by molar-refractivity contribution is 6.29. The zero-order chi connectivity index (χ0) is 11.4. The van der Waals surface area contributed by atoms with Crippen LogP contribution in [0.3, 0.4) is 0 Å². The van der Waals surface area contributed by atoms with E-state index < -0.39 is 6.10 Å². The molecule has 0 amide bonds. The second kappa shape index (κ2) is 5.38. The van der Waals surface area contributed by atoms with E-state index in [1.807, 2.05) is 6.07 Å². The van der Waals surface area contributed by atoms with Crippen molar-refractivity contribution in [3.8, 4) is 0 Å². The van der Waals surface area contributed by atoms with Crippen molar-refractivity contribution in [3.63, 3.8) is 0 Å². The van der Waals surface area contributed by atoms with E-state index >= 15 is 0 Å². The highest BCUT2D eigenvalue weighted by Gasteiger charge is 2.13. The third-order valence-corrected chi connectivity index (χ3v) is 2.19. The zero-order valence-electron chi connectivity index (χ0n) is 9.16. The normalized spacial score (nSPS) is 13.1. The summed E-state index contributed by atoms with van der Waals surface area (Å²) in [6.07, 6.45) is 0.529. The molecule has 0 radical (unpaired) electrons. The Balaban J connectivity index is 2.62. The number of aliphatic hydroxyl groups is 1. The molecule has 0 aliphatic rings. The maximum absolute atomic E-state index is 9.70. The number of hydrogen-bond acceptors (Lipinski definition) is 2. The van der Waals surface area contributed by atoms with Gasteiger partial charge >= 0.3 is 0 Å². The molecular formula is C12H17ClO2. The first-order valence-electron chi connectivity index (χ1n) is 5.09. The van der Waals surface area contributed by atoms with Crippen LogP contribution in [-0.4, -0.2) is 5.11 Å². The molecule has 3 heteroatoms. The molecule has 1 rings (SSSR count). The highest BCUT2D eigenvalue weighted by Crippen LogP contribution is 2.24. The van der Waals surface area contributed by atoms with Gasteiger partial charge in [0.15, 0.2) is 0 Å². The van der Waals surface area contributed by atoms with E-state index in [-0.39, 0.29) is 0 Å². The Bertz CT molecular complexity index is 328. The quantitative estimate of drug-likeness (QED) is 0.835. The van der Waals surface area contributed by atoms with E-state index in [9.17, 15) is 5.11 Å². The molecule has 0 bridgehead atoms. The van der Waals surface area contributed by atoms with Gasteiger partial charge in [0.25, 0.3) is 0 Å². The van der Waals surface area contributed by atoms with E-state index in [1.165, 1.54) is 0 Å². The third kappa shape index (κ3) is 4.10. The summed E-state index contributed by atoms with van der Waals surface area (Å²) < 4.78 is 5.51. The van der Waals surface area contributed by atoms with Crippen LogP contribution in [0.5, 0.6) is 0 Å². The fourth-order valence-electron chi connectivity index (χ4n) is 1.40. The Labute approximate surface area is 95.6 Å². The third-order valence-electron chi connectivity index (χ3n) is 2.04. The minimum atomic E-state index is -0.684. The zero-order valence-corrected chi connectivity index (χ0v) is 9.92. The molecule has 0 saturated carbocycles. The van der Waals surface area contributed by atoms with E-state index in [4.69, 9.17) is 16.0 Å². The van der Waals surface area contributed by atoms with Crippen LogP contribution < -0.4 is 0 Å². The van der Waals surface area contributed by atoms with Crippen LogP contribution in [0.1, 0.15) is 37.9 Å². The van der Waals surface area contributed by atoms with Crippen LogP contribution in [0.4, 0.5) is 0 Å². The standard InChI is InChI=1S/C12H17ClO2/c1-8(2)6-10-4-5-12(15-10)11(14)7-9(3)13/h4-5,8,11,14H,3,6-7H2,1-2H3. The monoisotopic (exact) mass is 228 g/mol. The molecule has 0 aliphatic heterocycles. The first kappa shape index (κ1) is 12.3. The van der Waals surface area contributed by atoms with Crippen LogP contribution in [0.25, 0.3) is 0 Å². The van der Waals surface area contributed by atoms with E-state index in [0.29, 0.717) is 23.1 Å². The van der Waals surface area contributed by atoms with E-state index in [2.05, 4.69) is 20.4 Å². The molecule has 84 valence electrons. The van der Waals surface area contributed by atoms with Gasteiger partial charge in [-0.1, -0.05) is 32.0 Å². The molecule has 1 N–H and O–H groups in total. The van der Waals surface area contributed by atoms with Crippen molar-refractivity contribution in [2.45, 2.75) is 32.8 Å². The van der Waals surface area contributed by atoms with Crippen LogP contribution in [-0.2, 0) is 6.42 Å². The lowest BCUT2D eigenvalue weighted by Gasteiger charge is -2.06. The van der Waals surface area contributed by atoms with Crippen LogP contribution >= 0.6 is 11.6 Å². The average Bonchev–Trinajstić information content (AvgIpc) is 2.50. The van der Waals surface area contributed by atoms with Crippen LogP contribution in [0.15, 0.2) is 28.2 Å². The van der Waals surface area contributed by atoms with Crippen molar-refractivity contribution in [2.75, 3.05) is 0 Å². The predicted octanol–water partition coefficient (Wildman–Crippen LogP) is 3.65. The van der Waals surface area contributed by atoms with Gasteiger partial charge < -0.3 is 9.52 Å². The first-order valence-corrected chi connectivity index (χ1v) is 5.46. The van der Waals surface area contributed by atoms with Crippen molar-refractivity contribution in [2.24, 2.45) is 5.92 Å². The lowest BCUT2D eigenvalue weighted by atomic mass is 10.1. The summed E-state index contributed by atoms with van der Waals surface area (Å²) in [6.45, 7) is 7.79. The summed E-state index contributed by atoms with van der Waals surface area (Å²) in [4.78, 5) is 0. The van der Waals surface area contributed by atoms with E-state index in [0.717, 1.165) is 12.2 Å². The fourth-order valence-corrected chi connectivity index (χ4v) is 1.54. The van der Waals surface area contributed by atoms with Crippen molar-refractivity contribution in [1.29, 1.82) is 0 Å². The molecule has 1 atom stereocenters. The summed E-state index contributed by atoms with van der Waals surface area (Å²) in [5, 5.41) is 10.1. The molecule has 1 aromatic heterocycles. The van der Waals surface area contributed by atoms with Gasteiger partial charge in [-0.2, -0.15) is 0 Å². The van der Waals surface area contributed by atoms with Crippen molar-refractivity contribution >= 4 is 11.6 Å². The molecule has 0 spiro atoms. The Kier molecular flexibility index (Phi) is 4.43. The SMILES string of the molecule is C=C(Cl)CC(O)c1ccc(CC(C)C)o1. The molecule has 1 unspecified atom stereocenters. The summed E-state index contributed by atoms with van der Waals surface area (Å²) >= 11 is 5.62. The van der Waals surface area contributed by atoms with E-state index in [1.54, 1.807) is 6.07 Å². The van der Waals surface area contributed by atoms with Crippen LogP contribution in [0, 0.1) is 5.92 Å². The maximum atomic E-state index is 9.70. The van der Waals surface area contributed by atoms with Crippen molar-refractivity contribution < 1.29 is 9.52 Å². The average molecular weight is 229 g/mol. The predicted molar refractivity (Wildman–Crippen MR) is 61.8 cm³/mol.